The molecule has 0 atom stereocenters. The second-order valence-electron chi connectivity index (χ2n) is 4.22. The molecule has 0 spiro atoms. The summed E-state index contributed by atoms with van der Waals surface area (Å²) in [4.78, 5) is 11.4. The summed E-state index contributed by atoms with van der Waals surface area (Å²) >= 11 is 7.67. The molecule has 1 aromatic carbocycles. The molecule has 0 unspecified atom stereocenters. The number of thioether (sulfide) groups is 1. The minimum atomic E-state index is -0.310. The molecular weight excluding hydrogens is 258 g/mol. The smallest absolute Gasteiger partial charge is 0.258 e. The maximum absolute atomic E-state index is 10.9. The number of hydrogen-bond donors (Lipinski definition) is 0. The average molecular weight is 272 g/mol. The van der Waals surface area contributed by atoms with E-state index >= 15 is 0 Å². The maximum Gasteiger partial charge on any atom is 0.282 e. The van der Waals surface area contributed by atoms with Crippen molar-refractivity contribution in [3.05, 3.63) is 34.4 Å². The first-order valence-corrected chi connectivity index (χ1v) is 7.02. The van der Waals surface area contributed by atoms with Gasteiger partial charge in [-0.15, -0.1) is 23.4 Å². The number of nitro groups is 1. The molecule has 92 valence electrons. The van der Waals surface area contributed by atoms with Crippen LogP contribution in [0.3, 0.4) is 0 Å². The summed E-state index contributed by atoms with van der Waals surface area (Å²) in [5.41, 5.74) is 0.213. The van der Waals surface area contributed by atoms with E-state index < -0.39 is 0 Å². The van der Waals surface area contributed by atoms with Gasteiger partial charge in [0.1, 0.15) is 0 Å². The number of alkyl halides is 1. The van der Waals surface area contributed by atoms with Gasteiger partial charge in [-0.05, 0) is 31.7 Å². The number of halogens is 1. The van der Waals surface area contributed by atoms with Crippen molar-refractivity contribution in [1.29, 1.82) is 0 Å². The minimum absolute atomic E-state index is 0.213. The Labute approximate surface area is 110 Å². The molecule has 0 N–H and O–H groups in total. The molecule has 1 fully saturated rings. The molecule has 0 aromatic heterocycles. The quantitative estimate of drug-likeness (QED) is 0.469. The van der Waals surface area contributed by atoms with Crippen molar-refractivity contribution < 1.29 is 4.92 Å². The fourth-order valence-corrected chi connectivity index (χ4v) is 3.57. The van der Waals surface area contributed by atoms with Crippen molar-refractivity contribution >= 4 is 29.1 Å². The Morgan fingerprint density at radius 2 is 1.88 bits per heavy atom. The van der Waals surface area contributed by atoms with Crippen LogP contribution in [-0.2, 0) is 0 Å². The summed E-state index contributed by atoms with van der Waals surface area (Å²) in [6, 6.07) is 6.95. The largest absolute Gasteiger partial charge is 0.282 e. The van der Waals surface area contributed by atoms with Gasteiger partial charge < -0.3 is 0 Å². The fraction of sp³-hybridized carbons (Fsp3) is 0.500. The number of nitro benzene ring substituents is 1. The van der Waals surface area contributed by atoms with Crippen molar-refractivity contribution in [2.45, 2.75) is 41.2 Å². The highest BCUT2D eigenvalue weighted by Crippen LogP contribution is 2.38. The first-order chi connectivity index (χ1) is 8.16. The SMILES string of the molecule is O=[N+]([O-])c1ccccc1SC1CCC(Cl)CC1. The summed E-state index contributed by atoms with van der Waals surface area (Å²) in [6.07, 6.45) is 4.12. The van der Waals surface area contributed by atoms with Gasteiger partial charge in [0.25, 0.3) is 5.69 Å². The van der Waals surface area contributed by atoms with Crippen LogP contribution in [0.2, 0.25) is 0 Å². The Hall–Kier alpha value is -0.740. The molecule has 0 amide bonds. The monoisotopic (exact) mass is 271 g/mol. The van der Waals surface area contributed by atoms with Crippen molar-refractivity contribution in [3.63, 3.8) is 0 Å². The number of para-hydroxylation sites is 1. The van der Waals surface area contributed by atoms with Crippen molar-refractivity contribution in [2.24, 2.45) is 0 Å². The van der Waals surface area contributed by atoms with Gasteiger partial charge in [0, 0.05) is 16.7 Å². The molecule has 0 aliphatic heterocycles. The Morgan fingerprint density at radius 1 is 1.24 bits per heavy atom. The lowest BCUT2D eigenvalue weighted by molar-refractivity contribution is -0.387. The standard InChI is InChI=1S/C12H14ClNO2S/c13-9-5-7-10(8-6-9)17-12-4-2-1-3-11(12)14(15)16/h1-4,9-10H,5-8H2. The lowest BCUT2D eigenvalue weighted by Gasteiger charge is -2.24. The lowest BCUT2D eigenvalue weighted by Crippen LogP contribution is -2.15. The predicted octanol–water partition coefficient (Wildman–Crippen LogP) is 4.24. The van der Waals surface area contributed by atoms with Crippen LogP contribution in [0.1, 0.15) is 25.7 Å². The Bertz CT molecular complexity index is 405. The normalized spacial score (nSPS) is 24.5. The van der Waals surface area contributed by atoms with Gasteiger partial charge in [0.2, 0.25) is 0 Å². The molecule has 1 aliphatic rings. The van der Waals surface area contributed by atoms with Crippen LogP contribution in [-0.4, -0.2) is 15.6 Å². The second-order valence-corrected chi connectivity index (χ2v) is 6.18. The van der Waals surface area contributed by atoms with E-state index in [4.69, 9.17) is 11.6 Å². The molecule has 3 nitrogen and oxygen atoms in total. The van der Waals surface area contributed by atoms with E-state index in [1.807, 2.05) is 12.1 Å². The maximum atomic E-state index is 10.9. The first-order valence-electron chi connectivity index (χ1n) is 5.71. The van der Waals surface area contributed by atoms with Gasteiger partial charge in [-0.1, -0.05) is 12.1 Å². The molecule has 0 heterocycles. The van der Waals surface area contributed by atoms with E-state index in [9.17, 15) is 10.1 Å². The molecule has 0 radical (unpaired) electrons. The third kappa shape index (κ3) is 3.36. The third-order valence-corrected chi connectivity index (χ3v) is 4.80. The van der Waals surface area contributed by atoms with E-state index in [1.165, 1.54) is 0 Å². The number of hydrogen-bond acceptors (Lipinski definition) is 3. The molecule has 0 saturated heterocycles. The van der Waals surface area contributed by atoms with Gasteiger partial charge in [0.15, 0.2) is 0 Å². The van der Waals surface area contributed by atoms with Gasteiger partial charge >= 0.3 is 0 Å². The van der Waals surface area contributed by atoms with Crippen LogP contribution in [0, 0.1) is 10.1 Å². The molecule has 2 rings (SSSR count). The zero-order valence-corrected chi connectivity index (χ0v) is 10.9. The Kier molecular flexibility index (Phi) is 4.29. The first kappa shape index (κ1) is 12.7. The number of nitrogens with zero attached hydrogens (tertiary/aromatic N) is 1. The average Bonchev–Trinajstić information content (AvgIpc) is 2.32. The summed E-state index contributed by atoms with van der Waals surface area (Å²) in [7, 11) is 0. The zero-order chi connectivity index (χ0) is 12.3. The highest BCUT2D eigenvalue weighted by molar-refractivity contribution is 8.00. The van der Waals surface area contributed by atoms with Gasteiger partial charge in [-0.2, -0.15) is 0 Å². The van der Waals surface area contributed by atoms with Crippen LogP contribution in [0.4, 0.5) is 5.69 Å². The van der Waals surface area contributed by atoms with Crippen molar-refractivity contribution in [3.8, 4) is 0 Å². The van der Waals surface area contributed by atoms with E-state index in [0.717, 1.165) is 30.6 Å². The molecule has 1 aromatic rings. The predicted molar refractivity (Wildman–Crippen MR) is 70.9 cm³/mol. The van der Waals surface area contributed by atoms with E-state index in [0.29, 0.717) is 5.25 Å². The lowest BCUT2D eigenvalue weighted by atomic mass is 10.00. The van der Waals surface area contributed by atoms with Crippen LogP contribution in [0.5, 0.6) is 0 Å². The molecule has 17 heavy (non-hydrogen) atoms. The minimum Gasteiger partial charge on any atom is -0.258 e. The van der Waals surface area contributed by atoms with Crippen LogP contribution < -0.4 is 0 Å². The number of benzene rings is 1. The van der Waals surface area contributed by atoms with Crippen LogP contribution >= 0.6 is 23.4 Å². The van der Waals surface area contributed by atoms with Crippen molar-refractivity contribution in [1.82, 2.24) is 0 Å². The Balaban J connectivity index is 2.05. The molecule has 0 bridgehead atoms. The summed E-state index contributed by atoms with van der Waals surface area (Å²) in [6.45, 7) is 0. The Morgan fingerprint density at radius 3 is 2.53 bits per heavy atom. The topological polar surface area (TPSA) is 43.1 Å². The van der Waals surface area contributed by atoms with E-state index in [2.05, 4.69) is 0 Å². The third-order valence-electron chi connectivity index (χ3n) is 2.96. The van der Waals surface area contributed by atoms with Gasteiger partial charge in [-0.25, -0.2) is 0 Å². The summed E-state index contributed by atoms with van der Waals surface area (Å²) in [5.74, 6) is 0. The van der Waals surface area contributed by atoms with Gasteiger partial charge in [0.05, 0.1) is 9.82 Å². The highest BCUT2D eigenvalue weighted by atomic mass is 35.5. The zero-order valence-electron chi connectivity index (χ0n) is 9.34. The number of rotatable bonds is 3. The van der Waals surface area contributed by atoms with E-state index in [1.54, 1.807) is 23.9 Å². The molecule has 1 saturated carbocycles. The van der Waals surface area contributed by atoms with Gasteiger partial charge in [-0.3, -0.25) is 10.1 Å². The van der Waals surface area contributed by atoms with Crippen molar-refractivity contribution in [2.75, 3.05) is 0 Å². The molecule has 5 heteroatoms. The van der Waals surface area contributed by atoms with Crippen LogP contribution in [0.25, 0.3) is 0 Å². The van der Waals surface area contributed by atoms with Crippen LogP contribution in [0.15, 0.2) is 29.2 Å². The summed E-state index contributed by atoms with van der Waals surface area (Å²) < 4.78 is 0. The van der Waals surface area contributed by atoms with E-state index in [-0.39, 0.29) is 16.0 Å². The summed E-state index contributed by atoms with van der Waals surface area (Å²) in [5, 5.41) is 11.6. The fourth-order valence-electron chi connectivity index (χ4n) is 2.03. The highest BCUT2D eigenvalue weighted by Gasteiger charge is 2.23. The molecule has 1 aliphatic carbocycles. The molecular formula is C12H14ClNO2S. The second kappa shape index (κ2) is 5.74.